The zero-order chi connectivity index (χ0) is 29.5. The lowest BCUT2D eigenvalue weighted by atomic mass is 9.84. The van der Waals surface area contributed by atoms with E-state index in [0.29, 0.717) is 0 Å². The number of aliphatic imine (C=N–C) groups is 1. The number of allylic oxidation sites excluding steroid dienone is 7. The molecule has 1 aliphatic rings. The molecule has 0 aromatic heterocycles. The number of hydrogen-bond donors (Lipinski definition) is 1. The van der Waals surface area contributed by atoms with Crippen molar-refractivity contribution in [2.75, 3.05) is 12.4 Å². The molecule has 0 saturated carbocycles. The molecule has 0 radical (unpaired) electrons. The van der Waals surface area contributed by atoms with Gasteiger partial charge in [0, 0.05) is 18.3 Å². The molecule has 3 heteroatoms. The first kappa shape index (κ1) is 29.6. The van der Waals surface area contributed by atoms with Crippen LogP contribution >= 0.6 is 0 Å². The van der Waals surface area contributed by atoms with E-state index in [1.54, 1.807) is 7.11 Å². The van der Waals surface area contributed by atoms with Gasteiger partial charge in [-0.3, -0.25) is 4.99 Å². The van der Waals surface area contributed by atoms with Gasteiger partial charge < -0.3 is 10.1 Å². The molecule has 1 N–H and O–H groups in total. The maximum absolute atomic E-state index is 5.55. The van der Waals surface area contributed by atoms with Crippen LogP contribution in [0.1, 0.15) is 67.5 Å². The van der Waals surface area contributed by atoms with Gasteiger partial charge >= 0.3 is 0 Å². The van der Waals surface area contributed by atoms with Crippen LogP contribution in [0.3, 0.4) is 0 Å². The Bertz CT molecular complexity index is 1580. The third-order valence-electron chi connectivity index (χ3n) is 7.75. The Hall–Kier alpha value is -4.37. The van der Waals surface area contributed by atoms with Gasteiger partial charge in [0.15, 0.2) is 0 Å². The van der Waals surface area contributed by atoms with Gasteiger partial charge in [-0.2, -0.15) is 0 Å². The number of nitrogens with zero attached hydrogens (tertiary/aromatic N) is 1. The second kappa shape index (κ2) is 13.3. The molecule has 41 heavy (non-hydrogen) atoms. The lowest BCUT2D eigenvalue weighted by molar-refractivity contribution is 0.410. The van der Waals surface area contributed by atoms with Gasteiger partial charge in [-0.05, 0) is 109 Å². The smallest absolute Gasteiger partial charge is 0.122 e. The van der Waals surface area contributed by atoms with Crippen molar-refractivity contribution in [2.45, 2.75) is 53.9 Å². The molecule has 0 unspecified atom stereocenters. The highest BCUT2D eigenvalue weighted by Gasteiger charge is 2.22. The standard InChI is InChI=1S/C38H42N2O/c1-9-22-39-36-20-19-35(28(7)38(36)40-32-18-21-37(41-8)30(10-2)24-32)34-13-11-12-33(27(34)6)26(5)23-29-14-16-31(17-15-29)25(3)4/h9,11-19,21-22,24,40H,3,5,10,20,23H2,1-2,4,6-8H3/b22-9-,39-36?. The van der Waals surface area contributed by atoms with Crippen LogP contribution in [0, 0.1) is 6.92 Å². The van der Waals surface area contributed by atoms with Crippen LogP contribution in [-0.4, -0.2) is 12.8 Å². The van der Waals surface area contributed by atoms with Crippen molar-refractivity contribution in [1.82, 2.24) is 0 Å². The van der Waals surface area contributed by atoms with E-state index in [2.05, 4.69) is 99.9 Å². The van der Waals surface area contributed by atoms with Crippen LogP contribution in [0.5, 0.6) is 5.75 Å². The van der Waals surface area contributed by atoms with Crippen LogP contribution < -0.4 is 10.1 Å². The SMILES string of the molecule is C=C(C)c1ccc(CC(=C)c2cccc(C3=CCC(=N/C=C\C)C(Nc4ccc(OC)c(CC)c4)=C3C)c2C)cc1. The molecule has 0 heterocycles. The minimum atomic E-state index is 0.746. The predicted octanol–water partition coefficient (Wildman–Crippen LogP) is 10.0. The molecule has 3 nitrogen and oxygen atoms in total. The average molecular weight is 543 g/mol. The summed E-state index contributed by atoms with van der Waals surface area (Å²) in [5, 5.41) is 3.71. The van der Waals surface area contributed by atoms with E-state index in [0.717, 1.165) is 53.3 Å². The Morgan fingerprint density at radius 3 is 2.46 bits per heavy atom. The van der Waals surface area contributed by atoms with Crippen LogP contribution in [0.25, 0.3) is 16.7 Å². The molecule has 0 bridgehead atoms. The van der Waals surface area contributed by atoms with Crippen LogP contribution in [-0.2, 0) is 12.8 Å². The molecule has 210 valence electrons. The van der Waals surface area contributed by atoms with Crippen molar-refractivity contribution in [1.29, 1.82) is 0 Å². The number of ether oxygens (including phenoxy) is 1. The second-order valence-corrected chi connectivity index (χ2v) is 10.6. The predicted molar refractivity (Wildman–Crippen MR) is 179 cm³/mol. The Morgan fingerprint density at radius 1 is 1.05 bits per heavy atom. The Labute approximate surface area is 246 Å². The highest BCUT2D eigenvalue weighted by Crippen LogP contribution is 2.36. The van der Waals surface area contributed by atoms with E-state index >= 15 is 0 Å². The zero-order valence-electron chi connectivity index (χ0n) is 25.4. The number of benzene rings is 3. The molecule has 3 aromatic carbocycles. The summed E-state index contributed by atoms with van der Waals surface area (Å²) in [7, 11) is 1.72. The summed E-state index contributed by atoms with van der Waals surface area (Å²) < 4.78 is 5.55. The fraction of sp³-hybridized carbons (Fsp3) is 0.237. The summed E-state index contributed by atoms with van der Waals surface area (Å²) in [6.07, 6.45) is 8.59. The maximum atomic E-state index is 5.55. The normalized spacial score (nSPS) is 14.4. The van der Waals surface area contributed by atoms with Crippen molar-refractivity contribution in [3.63, 3.8) is 0 Å². The molecule has 0 fully saturated rings. The highest BCUT2D eigenvalue weighted by molar-refractivity contribution is 6.10. The number of rotatable bonds is 10. The summed E-state index contributed by atoms with van der Waals surface area (Å²) in [5.74, 6) is 0.912. The fourth-order valence-electron chi connectivity index (χ4n) is 5.40. The summed E-state index contributed by atoms with van der Waals surface area (Å²) >= 11 is 0. The molecular formula is C38H42N2O. The minimum absolute atomic E-state index is 0.746. The molecule has 0 saturated heterocycles. The topological polar surface area (TPSA) is 33.6 Å². The number of anilines is 1. The molecule has 0 amide bonds. The van der Waals surface area contributed by atoms with Crippen molar-refractivity contribution in [2.24, 2.45) is 4.99 Å². The van der Waals surface area contributed by atoms with Gasteiger partial charge in [0.2, 0.25) is 0 Å². The molecule has 3 aromatic rings. The first-order valence-corrected chi connectivity index (χ1v) is 14.3. The first-order chi connectivity index (χ1) is 19.8. The number of methoxy groups -OCH3 is 1. The summed E-state index contributed by atoms with van der Waals surface area (Å²) in [4.78, 5) is 4.79. The van der Waals surface area contributed by atoms with Crippen molar-refractivity contribution >= 4 is 28.1 Å². The van der Waals surface area contributed by atoms with E-state index in [1.165, 1.54) is 44.5 Å². The Kier molecular flexibility index (Phi) is 9.62. The van der Waals surface area contributed by atoms with Crippen LogP contribution in [0.15, 0.2) is 108 Å². The molecule has 0 atom stereocenters. The fourth-order valence-corrected chi connectivity index (χ4v) is 5.40. The molecule has 4 rings (SSSR count). The Morgan fingerprint density at radius 2 is 1.80 bits per heavy atom. The van der Waals surface area contributed by atoms with E-state index in [1.807, 2.05) is 32.2 Å². The average Bonchev–Trinajstić information content (AvgIpc) is 2.98. The molecule has 0 spiro atoms. The van der Waals surface area contributed by atoms with Gasteiger partial charge in [0.25, 0.3) is 0 Å². The van der Waals surface area contributed by atoms with Gasteiger partial charge in [0.05, 0.1) is 18.5 Å². The lowest BCUT2D eigenvalue weighted by Gasteiger charge is -2.25. The third-order valence-corrected chi connectivity index (χ3v) is 7.75. The van der Waals surface area contributed by atoms with Gasteiger partial charge in [-0.1, -0.05) is 80.3 Å². The van der Waals surface area contributed by atoms with Crippen LogP contribution in [0.2, 0.25) is 0 Å². The molecular weight excluding hydrogens is 500 g/mol. The summed E-state index contributed by atoms with van der Waals surface area (Å²) in [5.41, 5.74) is 15.0. The molecule has 1 aliphatic carbocycles. The summed E-state index contributed by atoms with van der Waals surface area (Å²) in [6, 6.07) is 21.5. The quantitative estimate of drug-likeness (QED) is 0.276. The lowest BCUT2D eigenvalue weighted by Crippen LogP contribution is -2.18. The minimum Gasteiger partial charge on any atom is -0.496 e. The number of nitrogens with one attached hydrogen (secondary N) is 1. The summed E-state index contributed by atoms with van der Waals surface area (Å²) in [6.45, 7) is 19.1. The highest BCUT2D eigenvalue weighted by atomic mass is 16.5. The number of hydrogen-bond acceptors (Lipinski definition) is 3. The van der Waals surface area contributed by atoms with E-state index in [4.69, 9.17) is 9.73 Å². The first-order valence-electron chi connectivity index (χ1n) is 14.3. The van der Waals surface area contributed by atoms with Crippen LogP contribution in [0.4, 0.5) is 5.69 Å². The number of aryl methyl sites for hydroxylation is 1. The Balaban J connectivity index is 1.69. The van der Waals surface area contributed by atoms with E-state index in [-0.39, 0.29) is 0 Å². The van der Waals surface area contributed by atoms with E-state index < -0.39 is 0 Å². The third kappa shape index (κ3) is 6.69. The van der Waals surface area contributed by atoms with Gasteiger partial charge in [-0.15, -0.1) is 0 Å². The zero-order valence-corrected chi connectivity index (χ0v) is 25.4. The van der Waals surface area contributed by atoms with E-state index in [9.17, 15) is 0 Å². The van der Waals surface area contributed by atoms with Gasteiger partial charge in [-0.25, -0.2) is 0 Å². The largest absolute Gasteiger partial charge is 0.496 e. The second-order valence-electron chi connectivity index (χ2n) is 10.6. The van der Waals surface area contributed by atoms with Crippen molar-refractivity contribution in [3.8, 4) is 5.75 Å². The van der Waals surface area contributed by atoms with Crippen molar-refractivity contribution in [3.05, 3.63) is 137 Å². The maximum Gasteiger partial charge on any atom is 0.122 e. The molecule has 0 aliphatic heterocycles. The van der Waals surface area contributed by atoms with Crippen molar-refractivity contribution < 1.29 is 4.74 Å². The monoisotopic (exact) mass is 542 g/mol. The van der Waals surface area contributed by atoms with Gasteiger partial charge in [0.1, 0.15) is 5.75 Å².